The molecule has 78 valence electrons. The molecular formula is C11H10O4. The van der Waals surface area contributed by atoms with Crippen LogP contribution < -0.4 is 4.74 Å². The van der Waals surface area contributed by atoms with E-state index in [9.17, 15) is 4.79 Å². The van der Waals surface area contributed by atoms with E-state index in [0.717, 1.165) is 10.9 Å². The zero-order chi connectivity index (χ0) is 11.0. The lowest BCUT2D eigenvalue weighted by Crippen LogP contribution is -1.96. The summed E-state index contributed by atoms with van der Waals surface area (Å²) in [5, 5.41) is 9.63. The van der Waals surface area contributed by atoms with E-state index in [0.29, 0.717) is 5.58 Å². The van der Waals surface area contributed by atoms with E-state index in [1.165, 1.54) is 7.11 Å². The molecule has 4 nitrogen and oxygen atoms in total. The van der Waals surface area contributed by atoms with Gasteiger partial charge in [-0.3, -0.25) is 0 Å². The van der Waals surface area contributed by atoms with Crippen LogP contribution in [0.2, 0.25) is 0 Å². The second-order valence-electron chi connectivity index (χ2n) is 3.22. The van der Waals surface area contributed by atoms with Gasteiger partial charge in [-0.1, -0.05) is 12.1 Å². The van der Waals surface area contributed by atoms with Crippen LogP contribution in [0.15, 0.2) is 22.6 Å². The lowest BCUT2D eigenvalue weighted by Gasteiger charge is -1.98. The van der Waals surface area contributed by atoms with Gasteiger partial charge in [0, 0.05) is 0 Å². The monoisotopic (exact) mass is 206 g/mol. The molecule has 1 aromatic heterocycles. The standard InChI is InChI=1S/C11H10O4/c1-6-4-3-5-7-8(6)9(14-2)10(15-7)11(12)13/h3-5H,1-2H3,(H,12,13). The van der Waals surface area contributed by atoms with Crippen molar-refractivity contribution < 1.29 is 19.1 Å². The van der Waals surface area contributed by atoms with Crippen LogP contribution in [0.4, 0.5) is 0 Å². The van der Waals surface area contributed by atoms with E-state index >= 15 is 0 Å². The summed E-state index contributed by atoms with van der Waals surface area (Å²) in [6.07, 6.45) is 0. The van der Waals surface area contributed by atoms with Gasteiger partial charge in [-0.15, -0.1) is 0 Å². The molecule has 0 atom stereocenters. The molecule has 0 bridgehead atoms. The van der Waals surface area contributed by atoms with Crippen LogP contribution in [0.5, 0.6) is 5.75 Å². The number of ether oxygens (including phenoxy) is 1. The summed E-state index contributed by atoms with van der Waals surface area (Å²) in [6, 6.07) is 5.41. The number of benzene rings is 1. The normalized spacial score (nSPS) is 10.5. The van der Waals surface area contributed by atoms with Crippen molar-refractivity contribution in [2.75, 3.05) is 7.11 Å². The van der Waals surface area contributed by atoms with E-state index in [-0.39, 0.29) is 11.5 Å². The minimum atomic E-state index is -1.12. The Balaban J connectivity index is 2.86. The first-order valence-corrected chi connectivity index (χ1v) is 4.44. The number of furan rings is 1. The predicted octanol–water partition coefficient (Wildman–Crippen LogP) is 2.45. The molecule has 0 radical (unpaired) electrons. The maximum Gasteiger partial charge on any atom is 0.375 e. The number of hydrogen-bond acceptors (Lipinski definition) is 3. The molecule has 0 aliphatic heterocycles. The van der Waals surface area contributed by atoms with Crippen molar-refractivity contribution >= 4 is 16.9 Å². The highest BCUT2D eigenvalue weighted by molar-refractivity contribution is 5.99. The highest BCUT2D eigenvalue weighted by Gasteiger charge is 2.21. The fourth-order valence-electron chi connectivity index (χ4n) is 1.62. The molecule has 0 amide bonds. The first-order chi connectivity index (χ1) is 7.15. The summed E-state index contributed by atoms with van der Waals surface area (Å²) in [5.74, 6) is -0.986. The first kappa shape index (κ1) is 9.58. The van der Waals surface area contributed by atoms with Gasteiger partial charge in [0.15, 0.2) is 5.75 Å². The van der Waals surface area contributed by atoms with Gasteiger partial charge in [0.05, 0.1) is 12.5 Å². The van der Waals surface area contributed by atoms with E-state index in [4.69, 9.17) is 14.3 Å². The molecule has 0 aliphatic carbocycles. The molecular weight excluding hydrogens is 196 g/mol. The van der Waals surface area contributed by atoms with Gasteiger partial charge < -0.3 is 14.3 Å². The number of rotatable bonds is 2. The zero-order valence-electron chi connectivity index (χ0n) is 8.40. The average molecular weight is 206 g/mol. The summed E-state index contributed by atoms with van der Waals surface area (Å²) in [5.41, 5.74) is 1.46. The topological polar surface area (TPSA) is 59.7 Å². The molecule has 0 spiro atoms. The second kappa shape index (κ2) is 3.31. The van der Waals surface area contributed by atoms with Crippen LogP contribution in [0.3, 0.4) is 0 Å². The quantitative estimate of drug-likeness (QED) is 0.819. The molecule has 2 aromatic rings. The average Bonchev–Trinajstić information content (AvgIpc) is 2.57. The van der Waals surface area contributed by atoms with Crippen molar-refractivity contribution in [3.63, 3.8) is 0 Å². The first-order valence-electron chi connectivity index (χ1n) is 4.44. The van der Waals surface area contributed by atoms with Crippen LogP contribution in [0.25, 0.3) is 11.0 Å². The summed E-state index contributed by atoms with van der Waals surface area (Å²) in [7, 11) is 1.43. The van der Waals surface area contributed by atoms with E-state index in [2.05, 4.69) is 0 Å². The Kier molecular flexibility index (Phi) is 2.11. The van der Waals surface area contributed by atoms with Gasteiger partial charge in [-0.05, 0) is 18.6 Å². The third kappa shape index (κ3) is 1.34. The second-order valence-corrected chi connectivity index (χ2v) is 3.22. The molecule has 0 unspecified atom stereocenters. The zero-order valence-corrected chi connectivity index (χ0v) is 8.40. The van der Waals surface area contributed by atoms with Gasteiger partial charge in [-0.2, -0.15) is 0 Å². The molecule has 1 N–H and O–H groups in total. The van der Waals surface area contributed by atoms with Crippen molar-refractivity contribution in [3.8, 4) is 5.75 Å². The fourth-order valence-corrected chi connectivity index (χ4v) is 1.62. The molecule has 0 fully saturated rings. The van der Waals surface area contributed by atoms with Crippen LogP contribution in [-0.2, 0) is 0 Å². The number of carboxylic acids is 1. The summed E-state index contributed by atoms with van der Waals surface area (Å²) in [6.45, 7) is 1.88. The smallest absolute Gasteiger partial charge is 0.375 e. The Morgan fingerprint density at radius 2 is 2.20 bits per heavy atom. The van der Waals surface area contributed by atoms with E-state index in [1.807, 2.05) is 19.1 Å². The Hall–Kier alpha value is -1.97. The molecule has 2 rings (SSSR count). The fraction of sp³-hybridized carbons (Fsp3) is 0.182. The molecule has 15 heavy (non-hydrogen) atoms. The third-order valence-corrected chi connectivity index (χ3v) is 2.28. The van der Waals surface area contributed by atoms with Crippen LogP contribution in [-0.4, -0.2) is 18.2 Å². The molecule has 0 saturated heterocycles. The molecule has 0 saturated carbocycles. The Morgan fingerprint density at radius 3 is 2.80 bits per heavy atom. The van der Waals surface area contributed by atoms with Crippen molar-refractivity contribution in [1.29, 1.82) is 0 Å². The lowest BCUT2D eigenvalue weighted by atomic mass is 10.1. The van der Waals surface area contributed by atoms with E-state index in [1.54, 1.807) is 6.07 Å². The van der Waals surface area contributed by atoms with Crippen molar-refractivity contribution in [1.82, 2.24) is 0 Å². The SMILES string of the molecule is COc1c(C(=O)O)oc2cccc(C)c12. The number of aromatic carboxylic acids is 1. The van der Waals surface area contributed by atoms with Gasteiger partial charge in [0.25, 0.3) is 5.76 Å². The summed E-state index contributed by atoms with van der Waals surface area (Å²) in [4.78, 5) is 10.9. The molecule has 1 heterocycles. The number of aryl methyl sites for hydroxylation is 1. The van der Waals surface area contributed by atoms with Crippen LogP contribution in [0.1, 0.15) is 16.1 Å². The number of fused-ring (bicyclic) bond motifs is 1. The Morgan fingerprint density at radius 1 is 1.47 bits per heavy atom. The van der Waals surface area contributed by atoms with Crippen LogP contribution >= 0.6 is 0 Å². The van der Waals surface area contributed by atoms with Gasteiger partial charge >= 0.3 is 5.97 Å². The number of carbonyl (C=O) groups is 1. The summed E-state index contributed by atoms with van der Waals surface area (Å²) < 4.78 is 10.3. The van der Waals surface area contributed by atoms with Gasteiger partial charge in [0.2, 0.25) is 0 Å². The van der Waals surface area contributed by atoms with Crippen molar-refractivity contribution in [2.45, 2.75) is 6.92 Å². The van der Waals surface area contributed by atoms with Crippen molar-refractivity contribution in [2.24, 2.45) is 0 Å². The Bertz CT molecular complexity index is 525. The predicted molar refractivity (Wildman–Crippen MR) is 54.5 cm³/mol. The Labute approximate surface area is 86.1 Å². The number of methoxy groups -OCH3 is 1. The number of carboxylic acid groups (broad SMARTS) is 1. The minimum absolute atomic E-state index is 0.151. The third-order valence-electron chi connectivity index (χ3n) is 2.28. The van der Waals surface area contributed by atoms with Crippen molar-refractivity contribution in [3.05, 3.63) is 29.5 Å². The van der Waals surface area contributed by atoms with Gasteiger partial charge in [0.1, 0.15) is 5.58 Å². The van der Waals surface area contributed by atoms with Crippen LogP contribution in [0, 0.1) is 6.92 Å². The maximum atomic E-state index is 10.9. The molecule has 4 heteroatoms. The largest absolute Gasteiger partial charge is 0.492 e. The lowest BCUT2D eigenvalue weighted by molar-refractivity contribution is 0.0660. The molecule has 1 aromatic carbocycles. The minimum Gasteiger partial charge on any atom is -0.492 e. The number of hydrogen-bond donors (Lipinski definition) is 1. The highest BCUT2D eigenvalue weighted by atomic mass is 16.5. The summed E-state index contributed by atoms with van der Waals surface area (Å²) >= 11 is 0. The van der Waals surface area contributed by atoms with Gasteiger partial charge in [-0.25, -0.2) is 4.79 Å². The maximum absolute atomic E-state index is 10.9. The highest BCUT2D eigenvalue weighted by Crippen LogP contribution is 2.34. The van der Waals surface area contributed by atoms with E-state index < -0.39 is 5.97 Å². The molecule has 0 aliphatic rings.